The molecule has 2 aromatic rings. The predicted molar refractivity (Wildman–Crippen MR) is 99.6 cm³/mol. The highest BCUT2D eigenvalue weighted by Crippen LogP contribution is 2.50. The van der Waals surface area contributed by atoms with Crippen molar-refractivity contribution >= 4 is 29.1 Å². The normalized spacial score (nSPS) is 29.1. The Morgan fingerprint density at radius 3 is 2.26 bits per heavy atom. The van der Waals surface area contributed by atoms with Crippen LogP contribution in [0.3, 0.4) is 0 Å². The van der Waals surface area contributed by atoms with Crippen LogP contribution in [0.1, 0.15) is 29.8 Å². The lowest BCUT2D eigenvalue weighted by atomic mass is 9.81. The minimum absolute atomic E-state index is 0.105. The van der Waals surface area contributed by atoms with E-state index in [4.69, 9.17) is 16.3 Å². The largest absolute Gasteiger partial charge is 0.373 e. The van der Waals surface area contributed by atoms with E-state index in [2.05, 4.69) is 5.10 Å². The Kier molecular flexibility index (Phi) is 3.71. The lowest BCUT2D eigenvalue weighted by molar-refractivity contribution is -0.124. The molecule has 3 saturated heterocycles. The quantitative estimate of drug-likeness (QED) is 0.762. The maximum Gasteiger partial charge on any atom is 0.240 e. The minimum atomic E-state index is -0.324. The molecule has 0 N–H and O–H groups in total. The third kappa shape index (κ3) is 2.39. The molecule has 3 fully saturated rings. The third-order valence-electron chi connectivity index (χ3n) is 6.10. The lowest BCUT2D eigenvalue weighted by Gasteiger charge is -2.18. The van der Waals surface area contributed by atoms with Gasteiger partial charge < -0.3 is 4.74 Å². The number of anilines is 1. The number of nitrogens with zero attached hydrogens (tertiary/aromatic N) is 3. The number of fused-ring (bicyclic) bond motifs is 5. The fraction of sp³-hybridized carbons (Fsp3) is 0.450. The van der Waals surface area contributed by atoms with Gasteiger partial charge in [-0.15, -0.1) is 0 Å². The number of carbonyl (C=O) groups is 2. The van der Waals surface area contributed by atoms with Crippen molar-refractivity contribution in [1.29, 1.82) is 0 Å². The Balaban J connectivity index is 1.49. The van der Waals surface area contributed by atoms with Gasteiger partial charge in [0.1, 0.15) is 0 Å². The summed E-state index contributed by atoms with van der Waals surface area (Å²) in [5.74, 6) is -0.909. The molecule has 0 aliphatic carbocycles. The maximum atomic E-state index is 13.1. The van der Waals surface area contributed by atoms with Crippen molar-refractivity contribution in [3.63, 3.8) is 0 Å². The standard InChI is InChI=1S/C20H20ClN3O3/c1-10-18(11(2)23(22-10)9-12-3-5-13(21)6-4-12)24-19(25)16-14-7-8-15(27-14)17(16)20(24)26/h3-6,14-17H,7-9H2,1-2H3/t14-,15-,16-,17+/m0/s1. The van der Waals surface area contributed by atoms with Crippen molar-refractivity contribution in [3.8, 4) is 0 Å². The van der Waals surface area contributed by atoms with Crippen LogP contribution in [-0.2, 0) is 20.9 Å². The van der Waals surface area contributed by atoms with Crippen LogP contribution in [0.5, 0.6) is 0 Å². The van der Waals surface area contributed by atoms with Gasteiger partial charge in [-0.25, -0.2) is 4.90 Å². The van der Waals surface area contributed by atoms with Gasteiger partial charge >= 0.3 is 0 Å². The second-order valence-corrected chi connectivity index (χ2v) is 8.09. The highest BCUT2D eigenvalue weighted by molar-refractivity contribution is 6.30. The zero-order valence-corrected chi connectivity index (χ0v) is 15.9. The Hall–Kier alpha value is -2.18. The van der Waals surface area contributed by atoms with Crippen LogP contribution in [-0.4, -0.2) is 33.8 Å². The van der Waals surface area contributed by atoms with Gasteiger partial charge in [0.05, 0.1) is 47.7 Å². The van der Waals surface area contributed by atoms with Gasteiger partial charge in [-0.05, 0) is 44.4 Å². The number of rotatable bonds is 3. The molecule has 4 heterocycles. The molecule has 1 aromatic heterocycles. The number of ether oxygens (including phenoxy) is 1. The predicted octanol–water partition coefficient (Wildman–Crippen LogP) is 2.87. The molecule has 7 heteroatoms. The average molecular weight is 386 g/mol. The fourth-order valence-corrected chi connectivity index (χ4v) is 4.99. The minimum Gasteiger partial charge on any atom is -0.373 e. The number of hydrogen-bond acceptors (Lipinski definition) is 4. The summed E-state index contributed by atoms with van der Waals surface area (Å²) in [7, 11) is 0. The summed E-state index contributed by atoms with van der Waals surface area (Å²) in [6.45, 7) is 4.31. The molecule has 0 saturated carbocycles. The molecule has 3 aliphatic heterocycles. The van der Waals surface area contributed by atoms with E-state index < -0.39 is 0 Å². The Morgan fingerprint density at radius 1 is 1.07 bits per heavy atom. The molecule has 1 aromatic carbocycles. The Bertz CT molecular complexity index is 924. The summed E-state index contributed by atoms with van der Waals surface area (Å²) in [6, 6.07) is 7.58. The van der Waals surface area contributed by atoms with Gasteiger partial charge in [0.15, 0.2) is 0 Å². The van der Waals surface area contributed by atoms with Crippen molar-refractivity contribution in [1.82, 2.24) is 9.78 Å². The number of hydrogen-bond donors (Lipinski definition) is 0. The van der Waals surface area contributed by atoms with E-state index in [1.807, 2.05) is 42.8 Å². The van der Waals surface area contributed by atoms with Gasteiger partial charge in [0.25, 0.3) is 0 Å². The molecule has 5 rings (SSSR count). The molecule has 4 atom stereocenters. The second kappa shape index (κ2) is 5.91. The molecule has 0 radical (unpaired) electrons. The topological polar surface area (TPSA) is 64.4 Å². The highest BCUT2D eigenvalue weighted by Gasteiger charge is 2.63. The number of aromatic nitrogens is 2. The number of halogens is 1. The zero-order valence-electron chi connectivity index (χ0n) is 15.2. The summed E-state index contributed by atoms with van der Waals surface area (Å²) >= 11 is 5.95. The number of amides is 2. The summed E-state index contributed by atoms with van der Waals surface area (Å²) < 4.78 is 7.66. The third-order valence-corrected chi connectivity index (χ3v) is 6.35. The number of carbonyl (C=O) groups excluding carboxylic acids is 2. The second-order valence-electron chi connectivity index (χ2n) is 7.66. The molecule has 6 nitrogen and oxygen atoms in total. The van der Waals surface area contributed by atoms with Crippen molar-refractivity contribution in [2.75, 3.05) is 4.90 Å². The van der Waals surface area contributed by atoms with Crippen LogP contribution in [0.25, 0.3) is 0 Å². The van der Waals surface area contributed by atoms with Crippen LogP contribution in [0.4, 0.5) is 5.69 Å². The van der Waals surface area contributed by atoms with Gasteiger partial charge in [0, 0.05) is 5.02 Å². The molecule has 3 aliphatic rings. The van der Waals surface area contributed by atoms with E-state index in [1.165, 1.54) is 4.90 Å². The lowest BCUT2D eigenvalue weighted by Crippen LogP contribution is -2.35. The highest BCUT2D eigenvalue weighted by atomic mass is 35.5. The summed E-state index contributed by atoms with van der Waals surface area (Å²) in [6.07, 6.45) is 1.52. The molecule has 0 spiro atoms. The van der Waals surface area contributed by atoms with Crippen LogP contribution in [0, 0.1) is 25.7 Å². The van der Waals surface area contributed by atoms with Crippen molar-refractivity contribution < 1.29 is 14.3 Å². The molecule has 2 bridgehead atoms. The molecule has 0 unspecified atom stereocenters. The van der Waals surface area contributed by atoms with Crippen LogP contribution in [0.2, 0.25) is 5.02 Å². The molecule has 2 amide bonds. The van der Waals surface area contributed by atoms with Crippen LogP contribution in [0.15, 0.2) is 24.3 Å². The van der Waals surface area contributed by atoms with Crippen LogP contribution >= 0.6 is 11.6 Å². The first-order valence-corrected chi connectivity index (χ1v) is 9.65. The van der Waals surface area contributed by atoms with E-state index >= 15 is 0 Å². The van der Waals surface area contributed by atoms with Gasteiger partial charge in [-0.2, -0.15) is 5.10 Å². The summed E-state index contributed by atoms with van der Waals surface area (Å²) in [5, 5.41) is 5.28. The van der Waals surface area contributed by atoms with E-state index in [9.17, 15) is 9.59 Å². The van der Waals surface area contributed by atoms with Crippen molar-refractivity contribution in [2.24, 2.45) is 11.8 Å². The molecular formula is C20H20ClN3O3. The monoisotopic (exact) mass is 385 g/mol. The first-order chi connectivity index (χ1) is 13.0. The Labute approximate surface area is 162 Å². The van der Waals surface area contributed by atoms with E-state index in [1.54, 1.807) is 0 Å². The van der Waals surface area contributed by atoms with Gasteiger partial charge in [0.2, 0.25) is 11.8 Å². The number of imide groups is 1. The van der Waals surface area contributed by atoms with Crippen molar-refractivity contribution in [3.05, 3.63) is 46.2 Å². The number of benzene rings is 1. The Morgan fingerprint density at radius 2 is 1.67 bits per heavy atom. The zero-order chi connectivity index (χ0) is 18.9. The van der Waals surface area contributed by atoms with Gasteiger partial charge in [-0.3, -0.25) is 14.3 Å². The van der Waals surface area contributed by atoms with E-state index in [0.29, 0.717) is 22.9 Å². The molecule has 27 heavy (non-hydrogen) atoms. The first-order valence-electron chi connectivity index (χ1n) is 9.27. The summed E-state index contributed by atoms with van der Waals surface area (Å²) in [5.41, 5.74) is 3.19. The first kappa shape index (κ1) is 17.0. The SMILES string of the molecule is Cc1nn(Cc2ccc(Cl)cc2)c(C)c1N1C(=O)[C@@H]2[C@H](C1=O)[C@@H]1CC[C@@H]2O1. The smallest absolute Gasteiger partial charge is 0.240 e. The molecular weight excluding hydrogens is 366 g/mol. The fourth-order valence-electron chi connectivity index (χ4n) is 4.86. The van der Waals surface area contributed by atoms with E-state index in [-0.39, 0.29) is 35.9 Å². The molecule has 140 valence electrons. The number of aryl methyl sites for hydroxylation is 1. The van der Waals surface area contributed by atoms with Crippen LogP contribution < -0.4 is 4.90 Å². The maximum absolute atomic E-state index is 13.1. The average Bonchev–Trinajstić information content (AvgIpc) is 3.37. The van der Waals surface area contributed by atoms with Gasteiger partial charge in [-0.1, -0.05) is 23.7 Å². The summed E-state index contributed by atoms with van der Waals surface area (Å²) in [4.78, 5) is 27.5. The van der Waals surface area contributed by atoms with E-state index in [0.717, 1.165) is 24.1 Å². The van der Waals surface area contributed by atoms with Crippen molar-refractivity contribution in [2.45, 2.75) is 45.4 Å².